The summed E-state index contributed by atoms with van der Waals surface area (Å²) in [5, 5.41) is 2.93. The molecule has 102 valence electrons. The first-order chi connectivity index (χ1) is 9.69. The smallest absolute Gasteiger partial charge is 0.243 e. The van der Waals surface area contributed by atoms with Gasteiger partial charge in [0.05, 0.1) is 6.04 Å². The first-order valence-corrected chi connectivity index (χ1v) is 6.67. The van der Waals surface area contributed by atoms with E-state index in [9.17, 15) is 4.79 Å². The molecule has 1 aliphatic carbocycles. The van der Waals surface area contributed by atoms with Crippen LogP contribution in [0, 0.1) is 6.92 Å². The Hall–Kier alpha value is -2.36. The van der Waals surface area contributed by atoms with E-state index >= 15 is 0 Å². The topological polar surface area (TPSA) is 55.1 Å². The van der Waals surface area contributed by atoms with Crippen LogP contribution in [-0.2, 0) is 11.2 Å². The van der Waals surface area contributed by atoms with Gasteiger partial charge in [0.2, 0.25) is 5.91 Å². The Bertz CT molecular complexity index is 673. The number of nitrogens with zero attached hydrogens (tertiary/aromatic N) is 1. The van der Waals surface area contributed by atoms with Crippen molar-refractivity contribution < 1.29 is 9.21 Å². The van der Waals surface area contributed by atoms with E-state index in [2.05, 4.69) is 22.9 Å². The molecule has 1 aromatic carbocycles. The standard InChI is InChI=1S/C16H16N2O2/c1-3-14(19)18-13-9-8-11-6-4-5-7-12(11)16-15(13)17-10(2)20-16/h3-7,13H,1,8-9H2,2H3,(H,18,19). The molecule has 0 spiro atoms. The molecule has 1 amide bonds. The van der Waals surface area contributed by atoms with Gasteiger partial charge in [0.25, 0.3) is 0 Å². The lowest BCUT2D eigenvalue weighted by Gasteiger charge is -2.13. The molecule has 1 heterocycles. The average Bonchev–Trinajstić information content (AvgIpc) is 2.79. The minimum Gasteiger partial charge on any atom is -0.441 e. The third-order valence-electron chi connectivity index (χ3n) is 3.56. The van der Waals surface area contributed by atoms with E-state index < -0.39 is 0 Å². The van der Waals surface area contributed by atoms with Crippen LogP contribution in [0.4, 0.5) is 0 Å². The molecular weight excluding hydrogens is 252 g/mol. The molecule has 0 radical (unpaired) electrons. The number of benzene rings is 1. The van der Waals surface area contributed by atoms with Crippen LogP contribution in [0.15, 0.2) is 41.3 Å². The summed E-state index contributed by atoms with van der Waals surface area (Å²) in [5.41, 5.74) is 3.10. The molecule has 0 bridgehead atoms. The molecule has 2 aromatic rings. The summed E-state index contributed by atoms with van der Waals surface area (Å²) in [4.78, 5) is 16.1. The molecule has 1 N–H and O–H groups in total. The normalized spacial score (nSPS) is 16.8. The second kappa shape index (κ2) is 4.96. The van der Waals surface area contributed by atoms with E-state index in [1.54, 1.807) is 0 Å². The van der Waals surface area contributed by atoms with Crippen molar-refractivity contribution in [2.45, 2.75) is 25.8 Å². The second-order valence-corrected chi connectivity index (χ2v) is 4.91. The van der Waals surface area contributed by atoms with E-state index in [0.29, 0.717) is 5.89 Å². The fourth-order valence-electron chi connectivity index (χ4n) is 2.64. The number of aromatic nitrogens is 1. The van der Waals surface area contributed by atoms with Crippen LogP contribution in [-0.4, -0.2) is 10.9 Å². The highest BCUT2D eigenvalue weighted by Gasteiger charge is 2.27. The Labute approximate surface area is 117 Å². The third kappa shape index (κ3) is 2.13. The summed E-state index contributed by atoms with van der Waals surface area (Å²) < 4.78 is 5.77. The zero-order valence-corrected chi connectivity index (χ0v) is 11.3. The summed E-state index contributed by atoms with van der Waals surface area (Å²) in [6, 6.07) is 8.00. The number of hydrogen-bond acceptors (Lipinski definition) is 3. The van der Waals surface area contributed by atoms with Crippen LogP contribution >= 0.6 is 0 Å². The first-order valence-electron chi connectivity index (χ1n) is 6.67. The summed E-state index contributed by atoms with van der Waals surface area (Å²) in [6.07, 6.45) is 2.96. The van der Waals surface area contributed by atoms with Crippen LogP contribution in [0.2, 0.25) is 0 Å². The predicted octanol–water partition coefficient (Wildman–Crippen LogP) is 2.94. The number of fused-ring (bicyclic) bond motifs is 3. The molecule has 1 aliphatic rings. The van der Waals surface area contributed by atoms with Gasteiger partial charge in [-0.1, -0.05) is 30.8 Å². The van der Waals surface area contributed by atoms with Gasteiger partial charge < -0.3 is 9.73 Å². The van der Waals surface area contributed by atoms with Gasteiger partial charge in [-0.25, -0.2) is 4.98 Å². The molecule has 1 aromatic heterocycles. The highest BCUT2D eigenvalue weighted by Crippen LogP contribution is 2.37. The van der Waals surface area contributed by atoms with Gasteiger partial charge in [-0.15, -0.1) is 0 Å². The van der Waals surface area contributed by atoms with Gasteiger partial charge in [0, 0.05) is 12.5 Å². The van der Waals surface area contributed by atoms with E-state index in [-0.39, 0.29) is 11.9 Å². The van der Waals surface area contributed by atoms with Gasteiger partial charge in [-0.3, -0.25) is 4.79 Å². The third-order valence-corrected chi connectivity index (χ3v) is 3.56. The molecule has 3 rings (SSSR count). The predicted molar refractivity (Wildman–Crippen MR) is 76.1 cm³/mol. The van der Waals surface area contributed by atoms with Crippen molar-refractivity contribution in [1.29, 1.82) is 0 Å². The highest BCUT2D eigenvalue weighted by molar-refractivity contribution is 5.87. The van der Waals surface area contributed by atoms with Crippen LogP contribution in [0.25, 0.3) is 11.3 Å². The van der Waals surface area contributed by atoms with Crippen molar-refractivity contribution in [3.05, 3.63) is 54.1 Å². The van der Waals surface area contributed by atoms with Crippen LogP contribution in [0.5, 0.6) is 0 Å². The summed E-state index contributed by atoms with van der Waals surface area (Å²) in [5.74, 6) is 1.20. The maximum absolute atomic E-state index is 11.6. The fraction of sp³-hybridized carbons (Fsp3) is 0.250. The maximum Gasteiger partial charge on any atom is 0.243 e. The fourth-order valence-corrected chi connectivity index (χ4v) is 2.64. The van der Waals surface area contributed by atoms with Crippen molar-refractivity contribution in [2.75, 3.05) is 0 Å². The van der Waals surface area contributed by atoms with E-state index in [4.69, 9.17) is 4.42 Å². The summed E-state index contributed by atoms with van der Waals surface area (Å²) >= 11 is 0. The summed E-state index contributed by atoms with van der Waals surface area (Å²) in [6.45, 7) is 5.32. The SMILES string of the molecule is C=CC(=O)NC1CCc2ccccc2-c2oc(C)nc21. The van der Waals surface area contributed by atoms with Gasteiger partial charge in [-0.05, 0) is 24.5 Å². The highest BCUT2D eigenvalue weighted by atomic mass is 16.4. The second-order valence-electron chi connectivity index (χ2n) is 4.91. The minimum absolute atomic E-state index is 0.139. The number of rotatable bonds is 2. The van der Waals surface area contributed by atoms with E-state index in [1.165, 1.54) is 11.6 Å². The molecule has 4 nitrogen and oxygen atoms in total. The molecule has 0 saturated carbocycles. The van der Waals surface area contributed by atoms with Gasteiger partial charge in [0.15, 0.2) is 11.7 Å². The molecule has 1 unspecified atom stereocenters. The lowest BCUT2D eigenvalue weighted by atomic mass is 10.0. The molecule has 0 fully saturated rings. The largest absolute Gasteiger partial charge is 0.441 e. The van der Waals surface area contributed by atoms with E-state index in [1.807, 2.05) is 25.1 Å². The Morgan fingerprint density at radius 3 is 3.10 bits per heavy atom. The van der Waals surface area contributed by atoms with Crippen LogP contribution in [0.1, 0.15) is 29.6 Å². The first kappa shape index (κ1) is 12.7. The molecule has 1 atom stereocenters. The van der Waals surface area contributed by atoms with Crippen molar-refractivity contribution in [3.63, 3.8) is 0 Å². The van der Waals surface area contributed by atoms with Crippen LogP contribution < -0.4 is 5.32 Å². The van der Waals surface area contributed by atoms with Gasteiger partial charge in [0.1, 0.15) is 5.69 Å². The Kier molecular flexibility index (Phi) is 3.14. The number of hydrogen-bond donors (Lipinski definition) is 1. The van der Waals surface area contributed by atoms with Gasteiger partial charge in [-0.2, -0.15) is 0 Å². The lowest BCUT2D eigenvalue weighted by Crippen LogP contribution is -2.27. The molecular formula is C16H16N2O2. The van der Waals surface area contributed by atoms with Crippen molar-refractivity contribution in [3.8, 4) is 11.3 Å². The quantitative estimate of drug-likeness (QED) is 0.852. The molecule has 0 aliphatic heterocycles. The van der Waals surface area contributed by atoms with E-state index in [0.717, 1.165) is 29.9 Å². The molecule has 0 saturated heterocycles. The summed E-state index contributed by atoms with van der Waals surface area (Å²) in [7, 11) is 0. The van der Waals surface area contributed by atoms with Crippen LogP contribution in [0.3, 0.4) is 0 Å². The number of carbonyl (C=O) groups is 1. The monoisotopic (exact) mass is 268 g/mol. The number of oxazole rings is 1. The van der Waals surface area contributed by atoms with Crippen molar-refractivity contribution in [2.24, 2.45) is 0 Å². The Morgan fingerprint density at radius 2 is 2.30 bits per heavy atom. The number of aryl methyl sites for hydroxylation is 2. The zero-order valence-electron chi connectivity index (χ0n) is 11.3. The number of carbonyl (C=O) groups excluding carboxylic acids is 1. The maximum atomic E-state index is 11.6. The van der Waals surface area contributed by atoms with Crippen molar-refractivity contribution >= 4 is 5.91 Å². The van der Waals surface area contributed by atoms with Crippen molar-refractivity contribution in [1.82, 2.24) is 10.3 Å². The average molecular weight is 268 g/mol. The Balaban J connectivity index is 2.08. The van der Waals surface area contributed by atoms with Gasteiger partial charge >= 0.3 is 0 Å². The Morgan fingerprint density at radius 1 is 1.50 bits per heavy atom. The number of nitrogens with one attached hydrogen (secondary N) is 1. The minimum atomic E-state index is -0.187. The molecule has 20 heavy (non-hydrogen) atoms. The lowest BCUT2D eigenvalue weighted by molar-refractivity contribution is -0.117. The number of amides is 1. The zero-order chi connectivity index (χ0) is 14.1. The molecule has 4 heteroatoms.